The van der Waals surface area contributed by atoms with Crippen LogP contribution in [0, 0.1) is 0 Å². The summed E-state index contributed by atoms with van der Waals surface area (Å²) >= 11 is 0. The summed E-state index contributed by atoms with van der Waals surface area (Å²) in [5, 5.41) is 3.35. The third kappa shape index (κ3) is 2.45. The highest BCUT2D eigenvalue weighted by Crippen LogP contribution is 1.86. The highest BCUT2D eigenvalue weighted by molar-refractivity contribution is 6.39. The molecule has 0 aliphatic rings. The van der Waals surface area contributed by atoms with Crippen molar-refractivity contribution in [1.29, 1.82) is 0 Å². The SMILES string of the molecule is CCN(C)C(=N\C)/C(N)=N/N. The number of likely N-dealkylation sites (N-methyl/N-ethyl adjacent to an activating group) is 1. The maximum Gasteiger partial charge on any atom is 0.185 e. The summed E-state index contributed by atoms with van der Waals surface area (Å²) in [5.74, 6) is 5.88. The van der Waals surface area contributed by atoms with Gasteiger partial charge in [0.2, 0.25) is 0 Å². The summed E-state index contributed by atoms with van der Waals surface area (Å²) in [6.07, 6.45) is 0. The van der Waals surface area contributed by atoms with Gasteiger partial charge in [0.1, 0.15) is 0 Å². The molecule has 0 aromatic heterocycles. The van der Waals surface area contributed by atoms with Crippen LogP contribution in [0.25, 0.3) is 0 Å². The van der Waals surface area contributed by atoms with Crippen LogP contribution in [0.15, 0.2) is 10.1 Å². The summed E-state index contributed by atoms with van der Waals surface area (Å²) in [6.45, 7) is 2.82. The predicted octanol–water partition coefficient (Wildman–Crippen LogP) is -0.803. The number of hydrazone groups is 1. The first-order valence-electron chi connectivity index (χ1n) is 3.39. The van der Waals surface area contributed by atoms with E-state index in [0.717, 1.165) is 6.54 Å². The fourth-order valence-corrected chi connectivity index (χ4v) is 0.688. The molecular weight excluding hydrogens is 142 g/mol. The lowest BCUT2D eigenvalue weighted by Gasteiger charge is -2.17. The normalized spacial score (nSPS) is 13.4. The lowest BCUT2D eigenvalue weighted by atomic mass is 10.4. The van der Waals surface area contributed by atoms with Crippen molar-refractivity contribution >= 4 is 11.7 Å². The van der Waals surface area contributed by atoms with Crippen LogP contribution in [0.5, 0.6) is 0 Å². The molecule has 64 valence electrons. The first-order valence-corrected chi connectivity index (χ1v) is 3.39. The van der Waals surface area contributed by atoms with Gasteiger partial charge in [0, 0.05) is 20.6 Å². The first kappa shape index (κ1) is 9.74. The molecule has 0 saturated carbocycles. The Hall–Kier alpha value is -1.26. The number of rotatable bonds is 1. The van der Waals surface area contributed by atoms with Crippen molar-refractivity contribution in [3.05, 3.63) is 0 Å². The molecule has 0 aromatic carbocycles. The molecule has 5 heteroatoms. The molecule has 4 N–H and O–H groups in total. The number of hydrogen-bond donors (Lipinski definition) is 2. The van der Waals surface area contributed by atoms with Crippen LogP contribution in [-0.4, -0.2) is 37.2 Å². The number of hydrogen-bond acceptors (Lipinski definition) is 3. The van der Waals surface area contributed by atoms with Crippen LogP contribution in [0.3, 0.4) is 0 Å². The van der Waals surface area contributed by atoms with E-state index in [4.69, 9.17) is 11.6 Å². The van der Waals surface area contributed by atoms with Crippen LogP contribution >= 0.6 is 0 Å². The molecule has 0 aromatic rings. The van der Waals surface area contributed by atoms with E-state index in [0.29, 0.717) is 5.84 Å². The molecular formula is C6H15N5. The smallest absolute Gasteiger partial charge is 0.185 e. The summed E-state index contributed by atoms with van der Waals surface area (Å²) in [7, 11) is 3.53. The van der Waals surface area contributed by atoms with Crippen LogP contribution in [-0.2, 0) is 0 Å². The molecule has 0 fully saturated rings. The Morgan fingerprint density at radius 2 is 2.09 bits per heavy atom. The maximum atomic E-state index is 5.46. The minimum absolute atomic E-state index is 0.261. The van der Waals surface area contributed by atoms with Gasteiger partial charge >= 0.3 is 0 Å². The van der Waals surface area contributed by atoms with Crippen molar-refractivity contribution in [3.63, 3.8) is 0 Å². The largest absolute Gasteiger partial charge is 0.379 e. The van der Waals surface area contributed by atoms with Crippen LogP contribution < -0.4 is 11.6 Å². The van der Waals surface area contributed by atoms with Gasteiger partial charge in [-0.2, -0.15) is 5.10 Å². The van der Waals surface area contributed by atoms with Gasteiger partial charge in [0.15, 0.2) is 11.7 Å². The van der Waals surface area contributed by atoms with Gasteiger partial charge in [-0.15, -0.1) is 0 Å². The van der Waals surface area contributed by atoms with Gasteiger partial charge in [-0.3, -0.25) is 4.99 Å². The van der Waals surface area contributed by atoms with Gasteiger partial charge in [-0.25, -0.2) is 0 Å². The second-order valence-electron chi connectivity index (χ2n) is 2.08. The lowest BCUT2D eigenvalue weighted by Crippen LogP contribution is -2.38. The van der Waals surface area contributed by atoms with Crippen molar-refractivity contribution < 1.29 is 0 Å². The third-order valence-electron chi connectivity index (χ3n) is 1.42. The molecule has 0 radical (unpaired) electrons. The second kappa shape index (κ2) is 4.54. The summed E-state index contributed by atoms with van der Waals surface area (Å²) < 4.78 is 0. The summed E-state index contributed by atoms with van der Waals surface area (Å²) in [4.78, 5) is 5.80. The van der Waals surface area contributed by atoms with E-state index in [-0.39, 0.29) is 5.84 Å². The zero-order valence-electron chi connectivity index (χ0n) is 7.20. The van der Waals surface area contributed by atoms with E-state index in [2.05, 4.69) is 10.1 Å². The molecule has 0 amide bonds. The fourth-order valence-electron chi connectivity index (χ4n) is 0.688. The van der Waals surface area contributed by atoms with Crippen LogP contribution in [0.2, 0.25) is 0 Å². The van der Waals surface area contributed by atoms with E-state index < -0.39 is 0 Å². The van der Waals surface area contributed by atoms with Crippen LogP contribution in [0.4, 0.5) is 0 Å². The van der Waals surface area contributed by atoms with Crippen molar-refractivity contribution in [1.82, 2.24) is 4.90 Å². The molecule has 5 nitrogen and oxygen atoms in total. The average molecular weight is 157 g/mol. The van der Waals surface area contributed by atoms with Gasteiger partial charge in [0.05, 0.1) is 0 Å². The highest BCUT2D eigenvalue weighted by Gasteiger charge is 2.06. The van der Waals surface area contributed by atoms with Crippen molar-refractivity contribution in [2.24, 2.45) is 21.7 Å². The number of amidine groups is 2. The standard InChI is InChI=1S/C6H15N5/c1-4-11(3)6(9-2)5(7)10-8/h4,8H2,1-3H3,(H2,7,10)/b9-6-. The highest BCUT2D eigenvalue weighted by atomic mass is 15.2. The third-order valence-corrected chi connectivity index (χ3v) is 1.42. The zero-order valence-corrected chi connectivity index (χ0v) is 7.20. The van der Waals surface area contributed by atoms with Gasteiger partial charge in [0.25, 0.3) is 0 Å². The zero-order chi connectivity index (χ0) is 8.85. The van der Waals surface area contributed by atoms with Gasteiger partial charge < -0.3 is 16.5 Å². The van der Waals surface area contributed by atoms with Crippen molar-refractivity contribution in [3.8, 4) is 0 Å². The molecule has 0 aliphatic heterocycles. The molecule has 0 rings (SSSR count). The van der Waals surface area contributed by atoms with Crippen molar-refractivity contribution in [2.75, 3.05) is 20.6 Å². The van der Waals surface area contributed by atoms with E-state index >= 15 is 0 Å². The van der Waals surface area contributed by atoms with Gasteiger partial charge in [-0.1, -0.05) is 0 Å². The van der Waals surface area contributed by atoms with E-state index in [1.54, 1.807) is 7.05 Å². The number of nitrogens with two attached hydrogens (primary N) is 2. The van der Waals surface area contributed by atoms with Crippen molar-refractivity contribution in [2.45, 2.75) is 6.92 Å². The number of aliphatic imine (C=N–C) groups is 1. The molecule has 0 saturated heterocycles. The molecule has 0 unspecified atom stereocenters. The second-order valence-corrected chi connectivity index (χ2v) is 2.08. The Morgan fingerprint density at radius 1 is 1.55 bits per heavy atom. The topological polar surface area (TPSA) is 80.0 Å². The fraction of sp³-hybridized carbons (Fsp3) is 0.667. The Kier molecular flexibility index (Phi) is 4.02. The Balaban J connectivity index is 4.43. The summed E-state index contributed by atoms with van der Waals surface area (Å²) in [6, 6.07) is 0. The molecule has 0 spiro atoms. The Bertz CT molecular complexity index is 172. The monoisotopic (exact) mass is 157 g/mol. The molecule has 0 aliphatic carbocycles. The number of nitrogens with zero attached hydrogens (tertiary/aromatic N) is 3. The first-order chi connectivity index (χ1) is 5.17. The summed E-state index contributed by atoms with van der Waals surface area (Å²) in [5.41, 5.74) is 5.46. The average Bonchev–Trinajstić information content (AvgIpc) is 2.05. The van der Waals surface area contributed by atoms with E-state index in [9.17, 15) is 0 Å². The minimum Gasteiger partial charge on any atom is -0.379 e. The maximum absolute atomic E-state index is 5.46. The molecule has 0 bridgehead atoms. The van der Waals surface area contributed by atoms with E-state index in [1.165, 1.54) is 0 Å². The van der Waals surface area contributed by atoms with E-state index in [1.807, 2.05) is 18.9 Å². The Labute approximate surface area is 66.8 Å². The quantitative estimate of drug-likeness (QED) is 0.226. The lowest BCUT2D eigenvalue weighted by molar-refractivity contribution is 0.540. The molecule has 0 atom stereocenters. The molecule has 0 heterocycles. The molecule has 11 heavy (non-hydrogen) atoms. The minimum atomic E-state index is 0.261. The Morgan fingerprint density at radius 3 is 2.36 bits per heavy atom. The predicted molar refractivity (Wildman–Crippen MR) is 47.5 cm³/mol. The van der Waals surface area contributed by atoms with Gasteiger partial charge in [-0.05, 0) is 6.92 Å². The van der Waals surface area contributed by atoms with Crippen LogP contribution in [0.1, 0.15) is 6.92 Å².